The summed E-state index contributed by atoms with van der Waals surface area (Å²) in [6.45, 7) is 11.9. The first kappa shape index (κ1) is 19.4. The van der Waals surface area contributed by atoms with E-state index in [-0.39, 0.29) is 12.8 Å². The molecule has 0 unspecified atom stereocenters. The molecule has 4 nitrogen and oxygen atoms in total. The number of carbonyl (C=O) groups excluding carboxylic acids is 2. The number of hydrogen-bond donors (Lipinski definition) is 0. The highest BCUT2D eigenvalue weighted by atomic mass is 16.6. The van der Waals surface area contributed by atoms with Crippen molar-refractivity contribution in [3.05, 3.63) is 25.3 Å². The lowest BCUT2D eigenvalue weighted by Gasteiger charge is -2.27. The summed E-state index contributed by atoms with van der Waals surface area (Å²) in [5.74, 6) is -1.09. The minimum absolute atomic E-state index is 0.189. The van der Waals surface area contributed by atoms with Crippen molar-refractivity contribution in [1.29, 1.82) is 0 Å². The molecule has 0 amide bonds. The zero-order valence-electron chi connectivity index (χ0n) is 13.4. The van der Waals surface area contributed by atoms with Crippen LogP contribution in [-0.2, 0) is 19.1 Å². The van der Waals surface area contributed by atoms with Gasteiger partial charge in [-0.05, 0) is 25.7 Å². The van der Waals surface area contributed by atoms with Crippen molar-refractivity contribution in [2.75, 3.05) is 13.2 Å². The van der Waals surface area contributed by atoms with Crippen LogP contribution in [0.2, 0.25) is 0 Å². The second kappa shape index (κ2) is 11.1. The molecule has 0 aliphatic carbocycles. The highest BCUT2D eigenvalue weighted by Gasteiger charge is 2.46. The molecule has 120 valence electrons. The topological polar surface area (TPSA) is 52.6 Å². The highest BCUT2D eigenvalue weighted by molar-refractivity contribution is 6.00. The second-order valence-electron chi connectivity index (χ2n) is 5.05. The molecule has 0 aromatic rings. The summed E-state index contributed by atoms with van der Waals surface area (Å²) in [4.78, 5) is 24.8. The molecule has 0 aromatic heterocycles. The molecule has 0 saturated heterocycles. The van der Waals surface area contributed by atoms with Crippen LogP contribution in [0.3, 0.4) is 0 Å². The predicted octanol–water partition coefficient (Wildman–Crippen LogP) is 3.81. The Labute approximate surface area is 128 Å². The molecule has 0 aliphatic heterocycles. The van der Waals surface area contributed by atoms with E-state index in [1.165, 1.54) is 0 Å². The second-order valence-corrected chi connectivity index (χ2v) is 5.05. The third-order valence-electron chi connectivity index (χ3n) is 3.23. The molecule has 0 saturated carbocycles. The summed E-state index contributed by atoms with van der Waals surface area (Å²) in [5.41, 5.74) is -1.34. The van der Waals surface area contributed by atoms with Gasteiger partial charge in [-0.3, -0.25) is 9.59 Å². The van der Waals surface area contributed by atoms with Gasteiger partial charge in [0.05, 0.1) is 13.2 Å². The van der Waals surface area contributed by atoms with Crippen molar-refractivity contribution in [2.45, 2.75) is 52.4 Å². The molecule has 21 heavy (non-hydrogen) atoms. The fraction of sp³-hybridized carbons (Fsp3) is 0.647. The van der Waals surface area contributed by atoms with Crippen molar-refractivity contribution >= 4 is 11.9 Å². The molecule has 0 aromatic carbocycles. The van der Waals surface area contributed by atoms with Gasteiger partial charge >= 0.3 is 11.9 Å². The van der Waals surface area contributed by atoms with Crippen LogP contribution < -0.4 is 0 Å². The van der Waals surface area contributed by atoms with Crippen molar-refractivity contribution in [3.63, 3.8) is 0 Å². The van der Waals surface area contributed by atoms with Gasteiger partial charge in [0.2, 0.25) is 0 Å². The van der Waals surface area contributed by atoms with Crippen LogP contribution in [0, 0.1) is 5.41 Å². The summed E-state index contributed by atoms with van der Waals surface area (Å²) in [6.07, 6.45) is 6.86. The van der Waals surface area contributed by atoms with Crippen LogP contribution in [0.5, 0.6) is 0 Å². The summed E-state index contributed by atoms with van der Waals surface area (Å²) in [5, 5.41) is 0. The van der Waals surface area contributed by atoms with Crippen molar-refractivity contribution < 1.29 is 19.1 Å². The largest absolute Gasteiger partial charge is 0.465 e. The average Bonchev–Trinajstić information content (AvgIpc) is 2.47. The summed E-state index contributed by atoms with van der Waals surface area (Å²) in [7, 11) is 0. The maximum atomic E-state index is 12.4. The molecule has 0 heterocycles. The lowest BCUT2D eigenvalue weighted by atomic mass is 9.81. The Morgan fingerprint density at radius 2 is 1.29 bits per heavy atom. The van der Waals surface area contributed by atoms with Crippen LogP contribution in [0.1, 0.15) is 52.4 Å². The molecule has 0 N–H and O–H groups in total. The van der Waals surface area contributed by atoms with Crippen molar-refractivity contribution in [3.8, 4) is 0 Å². The van der Waals surface area contributed by atoms with Crippen molar-refractivity contribution in [2.24, 2.45) is 5.41 Å². The van der Waals surface area contributed by atoms with Gasteiger partial charge < -0.3 is 9.47 Å². The fourth-order valence-electron chi connectivity index (χ4n) is 1.89. The van der Waals surface area contributed by atoms with E-state index in [9.17, 15) is 9.59 Å². The molecule has 0 radical (unpaired) electrons. The van der Waals surface area contributed by atoms with Gasteiger partial charge in [-0.15, -0.1) is 13.2 Å². The van der Waals surface area contributed by atoms with Gasteiger partial charge in [-0.2, -0.15) is 0 Å². The van der Waals surface area contributed by atoms with Gasteiger partial charge in [-0.25, -0.2) is 0 Å². The number of rotatable bonds is 12. The Morgan fingerprint density at radius 3 is 1.57 bits per heavy atom. The highest BCUT2D eigenvalue weighted by Crippen LogP contribution is 2.31. The van der Waals surface area contributed by atoms with E-state index in [4.69, 9.17) is 9.47 Å². The molecule has 0 bridgehead atoms. The van der Waals surface area contributed by atoms with Crippen LogP contribution in [0.25, 0.3) is 0 Å². The number of ether oxygens (including phenoxy) is 2. The SMILES string of the molecule is C=CCC(CC=C)(C(=O)OCCCC)C(=O)OCCCC. The average molecular weight is 296 g/mol. The maximum absolute atomic E-state index is 12.4. The minimum Gasteiger partial charge on any atom is -0.465 e. The first-order valence-corrected chi connectivity index (χ1v) is 7.65. The van der Waals surface area contributed by atoms with Gasteiger partial charge in [0, 0.05) is 0 Å². The normalized spacial score (nSPS) is 10.8. The summed E-state index contributed by atoms with van der Waals surface area (Å²) >= 11 is 0. The third kappa shape index (κ3) is 6.15. The van der Waals surface area contributed by atoms with E-state index < -0.39 is 17.4 Å². The molecule has 0 spiro atoms. The Balaban J connectivity index is 5.02. The number of esters is 2. The predicted molar refractivity (Wildman–Crippen MR) is 83.8 cm³/mol. The zero-order valence-corrected chi connectivity index (χ0v) is 13.4. The van der Waals surface area contributed by atoms with E-state index in [2.05, 4.69) is 13.2 Å². The van der Waals surface area contributed by atoms with Crippen LogP contribution in [-0.4, -0.2) is 25.2 Å². The third-order valence-corrected chi connectivity index (χ3v) is 3.23. The Kier molecular flexibility index (Phi) is 10.3. The lowest BCUT2D eigenvalue weighted by Crippen LogP contribution is -2.41. The number of hydrogen-bond acceptors (Lipinski definition) is 4. The summed E-state index contributed by atoms with van der Waals surface area (Å²) < 4.78 is 10.5. The van der Waals surface area contributed by atoms with Crippen molar-refractivity contribution in [1.82, 2.24) is 0 Å². The van der Waals surface area contributed by atoms with E-state index in [1.54, 1.807) is 12.2 Å². The maximum Gasteiger partial charge on any atom is 0.324 e. The molecule has 0 atom stereocenters. The van der Waals surface area contributed by atoms with E-state index in [1.807, 2.05) is 13.8 Å². The van der Waals surface area contributed by atoms with Crippen LogP contribution in [0.4, 0.5) is 0 Å². The molecule has 4 heteroatoms. The van der Waals surface area contributed by atoms with Gasteiger partial charge in [0.25, 0.3) is 0 Å². The number of unbranched alkanes of at least 4 members (excludes halogenated alkanes) is 2. The smallest absolute Gasteiger partial charge is 0.324 e. The molecule has 0 rings (SSSR count). The van der Waals surface area contributed by atoms with Gasteiger partial charge in [0.1, 0.15) is 0 Å². The lowest BCUT2D eigenvalue weighted by molar-refractivity contribution is -0.172. The number of carbonyl (C=O) groups is 2. The Bertz CT molecular complexity index is 313. The first-order valence-electron chi connectivity index (χ1n) is 7.65. The molecular weight excluding hydrogens is 268 g/mol. The monoisotopic (exact) mass is 296 g/mol. The van der Waals surface area contributed by atoms with E-state index in [0.717, 1.165) is 25.7 Å². The fourth-order valence-corrected chi connectivity index (χ4v) is 1.89. The Morgan fingerprint density at radius 1 is 0.905 bits per heavy atom. The number of allylic oxidation sites excluding steroid dienone is 2. The zero-order chi connectivity index (χ0) is 16.1. The van der Waals surface area contributed by atoms with Gasteiger partial charge in [-0.1, -0.05) is 38.8 Å². The minimum atomic E-state index is -1.34. The summed E-state index contributed by atoms with van der Waals surface area (Å²) in [6, 6.07) is 0. The molecular formula is C17H28O4. The first-order chi connectivity index (χ1) is 10.1. The molecule has 0 fully saturated rings. The van der Waals surface area contributed by atoms with Crippen LogP contribution >= 0.6 is 0 Å². The van der Waals surface area contributed by atoms with E-state index in [0.29, 0.717) is 13.2 Å². The van der Waals surface area contributed by atoms with Gasteiger partial charge in [0.15, 0.2) is 5.41 Å². The van der Waals surface area contributed by atoms with E-state index >= 15 is 0 Å². The Hall–Kier alpha value is -1.58. The quantitative estimate of drug-likeness (QED) is 0.238. The standard InChI is InChI=1S/C17H28O4/c1-5-9-13-20-15(18)17(11-7-3,12-8-4)16(19)21-14-10-6-2/h7-8H,3-6,9-14H2,1-2H3. The van der Waals surface area contributed by atoms with Crippen LogP contribution in [0.15, 0.2) is 25.3 Å². The molecule has 0 aliphatic rings.